The Hall–Kier alpha value is -1.91. The third-order valence-corrected chi connectivity index (χ3v) is 2.69. The van der Waals surface area contributed by atoms with Crippen molar-refractivity contribution >= 4 is 11.9 Å². The smallest absolute Gasteiger partial charge is 0.308 e. The van der Waals surface area contributed by atoms with Crippen LogP contribution in [0.3, 0.4) is 0 Å². The average Bonchev–Trinajstić information content (AvgIpc) is 2.62. The van der Waals surface area contributed by atoms with Gasteiger partial charge in [-0.2, -0.15) is 0 Å². The quantitative estimate of drug-likeness (QED) is 0.805. The number of hydrogen-bond acceptors (Lipinski definition) is 3. The maximum Gasteiger partial charge on any atom is 0.308 e. The molecule has 0 unspecified atom stereocenters. The highest BCUT2D eigenvalue weighted by Gasteiger charge is 2.33. The van der Waals surface area contributed by atoms with E-state index in [-0.39, 0.29) is 12.3 Å². The van der Waals surface area contributed by atoms with Crippen molar-refractivity contribution in [3.63, 3.8) is 0 Å². The van der Waals surface area contributed by atoms with Crippen molar-refractivity contribution in [2.24, 2.45) is 5.92 Å². The van der Waals surface area contributed by atoms with Crippen LogP contribution in [0.2, 0.25) is 0 Å². The Balaban J connectivity index is 2.02. The summed E-state index contributed by atoms with van der Waals surface area (Å²) in [7, 11) is 0. The maximum atomic E-state index is 11.5. The third-order valence-electron chi connectivity index (χ3n) is 2.69. The second kappa shape index (κ2) is 4.30. The first-order valence-corrected chi connectivity index (χ1v) is 5.06. The predicted octanol–water partition coefficient (Wildman–Crippen LogP) is 0.515. The molecule has 0 aromatic carbocycles. The molecule has 1 amide bonds. The first-order chi connectivity index (χ1) is 7.66. The minimum Gasteiger partial charge on any atom is -0.481 e. The lowest BCUT2D eigenvalue weighted by atomic mass is 10.1. The van der Waals surface area contributed by atoms with E-state index in [0.29, 0.717) is 13.1 Å². The van der Waals surface area contributed by atoms with E-state index in [1.165, 1.54) is 0 Å². The number of rotatable bonds is 3. The third kappa shape index (κ3) is 2.18. The molecule has 0 bridgehead atoms. The molecule has 2 rings (SSSR count). The number of aliphatic carboxylic acids is 1. The predicted molar refractivity (Wildman–Crippen MR) is 55.4 cm³/mol. The van der Waals surface area contributed by atoms with Gasteiger partial charge < -0.3 is 10.0 Å². The minimum absolute atomic E-state index is 0.0933. The number of amides is 1. The van der Waals surface area contributed by atoms with Crippen molar-refractivity contribution < 1.29 is 14.7 Å². The lowest BCUT2D eigenvalue weighted by molar-refractivity contribution is -0.141. The van der Waals surface area contributed by atoms with Gasteiger partial charge in [-0.15, -0.1) is 0 Å². The Bertz CT molecular complexity index is 405. The highest BCUT2D eigenvalue weighted by atomic mass is 16.4. The van der Waals surface area contributed by atoms with E-state index < -0.39 is 11.9 Å². The molecule has 84 valence electrons. The summed E-state index contributed by atoms with van der Waals surface area (Å²) in [4.78, 5) is 27.8. The fourth-order valence-corrected chi connectivity index (χ4v) is 1.80. The lowest BCUT2D eigenvalue weighted by Gasteiger charge is -2.15. The Morgan fingerprint density at radius 3 is 2.75 bits per heavy atom. The van der Waals surface area contributed by atoms with Gasteiger partial charge in [0.2, 0.25) is 5.91 Å². The summed E-state index contributed by atoms with van der Waals surface area (Å²) in [6, 6.07) is 3.64. The summed E-state index contributed by atoms with van der Waals surface area (Å²) in [5.74, 6) is -1.55. The minimum atomic E-state index is -0.898. The summed E-state index contributed by atoms with van der Waals surface area (Å²) in [5, 5.41) is 8.83. The zero-order valence-electron chi connectivity index (χ0n) is 8.67. The van der Waals surface area contributed by atoms with Crippen LogP contribution in [0.4, 0.5) is 0 Å². The molecule has 1 aliphatic heterocycles. The molecule has 0 aliphatic carbocycles. The van der Waals surface area contributed by atoms with Crippen LogP contribution in [0.1, 0.15) is 12.0 Å². The molecule has 2 heterocycles. The molecule has 1 atom stereocenters. The number of hydrogen-bond donors (Lipinski definition) is 1. The monoisotopic (exact) mass is 220 g/mol. The van der Waals surface area contributed by atoms with E-state index in [4.69, 9.17) is 5.11 Å². The molecule has 0 spiro atoms. The molecule has 1 aromatic heterocycles. The van der Waals surface area contributed by atoms with E-state index in [1.54, 1.807) is 17.3 Å². The fourth-order valence-electron chi connectivity index (χ4n) is 1.80. The topological polar surface area (TPSA) is 70.5 Å². The van der Waals surface area contributed by atoms with Gasteiger partial charge in [0.05, 0.1) is 5.92 Å². The molecule has 1 N–H and O–H groups in total. The molecule has 16 heavy (non-hydrogen) atoms. The van der Waals surface area contributed by atoms with Gasteiger partial charge >= 0.3 is 5.97 Å². The van der Waals surface area contributed by atoms with Crippen molar-refractivity contribution in [3.8, 4) is 0 Å². The summed E-state index contributed by atoms with van der Waals surface area (Å²) in [5.41, 5.74) is 0.967. The van der Waals surface area contributed by atoms with E-state index in [9.17, 15) is 9.59 Å². The van der Waals surface area contributed by atoms with Gasteiger partial charge in [0.15, 0.2) is 0 Å². The highest BCUT2D eigenvalue weighted by molar-refractivity contribution is 5.86. The molecule has 5 heteroatoms. The van der Waals surface area contributed by atoms with Gasteiger partial charge in [-0.1, -0.05) is 0 Å². The van der Waals surface area contributed by atoms with Crippen LogP contribution >= 0.6 is 0 Å². The summed E-state index contributed by atoms with van der Waals surface area (Å²) in [6.07, 6.45) is 3.43. The second-order valence-electron chi connectivity index (χ2n) is 3.87. The molecule has 1 aromatic rings. The van der Waals surface area contributed by atoms with E-state index in [0.717, 1.165) is 5.56 Å². The van der Waals surface area contributed by atoms with Gasteiger partial charge in [0.1, 0.15) is 0 Å². The molecule has 1 aliphatic rings. The first kappa shape index (κ1) is 10.6. The van der Waals surface area contributed by atoms with Crippen LogP contribution in [-0.4, -0.2) is 33.4 Å². The molecule has 1 saturated heterocycles. The number of aromatic nitrogens is 1. The molecule has 0 saturated carbocycles. The number of pyridine rings is 1. The molecular weight excluding hydrogens is 208 g/mol. The van der Waals surface area contributed by atoms with Crippen LogP contribution in [0.5, 0.6) is 0 Å². The second-order valence-corrected chi connectivity index (χ2v) is 3.87. The average molecular weight is 220 g/mol. The van der Waals surface area contributed by atoms with E-state index >= 15 is 0 Å². The normalized spacial score (nSPS) is 20.1. The summed E-state index contributed by atoms with van der Waals surface area (Å²) >= 11 is 0. The van der Waals surface area contributed by atoms with Crippen molar-refractivity contribution in [2.45, 2.75) is 13.0 Å². The Labute approximate surface area is 92.7 Å². The van der Waals surface area contributed by atoms with Crippen molar-refractivity contribution in [2.75, 3.05) is 6.54 Å². The number of carbonyl (C=O) groups excluding carboxylic acids is 1. The lowest BCUT2D eigenvalue weighted by Crippen LogP contribution is -2.25. The van der Waals surface area contributed by atoms with Crippen LogP contribution in [-0.2, 0) is 16.1 Å². The number of carboxylic acid groups (broad SMARTS) is 1. The van der Waals surface area contributed by atoms with Gasteiger partial charge in [0, 0.05) is 31.9 Å². The van der Waals surface area contributed by atoms with Gasteiger partial charge in [0.25, 0.3) is 0 Å². The zero-order chi connectivity index (χ0) is 11.5. The van der Waals surface area contributed by atoms with Gasteiger partial charge in [-0.3, -0.25) is 14.6 Å². The van der Waals surface area contributed by atoms with Crippen molar-refractivity contribution in [1.82, 2.24) is 9.88 Å². The standard InChI is InChI=1S/C11H12N2O3/c14-10-5-9(11(15)16)7-13(10)6-8-1-3-12-4-2-8/h1-4,9H,5-7H2,(H,15,16)/t9-/m1/s1. The van der Waals surface area contributed by atoms with Crippen molar-refractivity contribution in [3.05, 3.63) is 30.1 Å². The van der Waals surface area contributed by atoms with Gasteiger partial charge in [-0.25, -0.2) is 0 Å². The van der Waals surface area contributed by atoms with E-state index in [1.807, 2.05) is 12.1 Å². The van der Waals surface area contributed by atoms with Crippen LogP contribution in [0, 0.1) is 5.92 Å². The van der Waals surface area contributed by atoms with Crippen LogP contribution in [0.15, 0.2) is 24.5 Å². The first-order valence-electron chi connectivity index (χ1n) is 5.06. The number of nitrogens with zero attached hydrogens (tertiary/aromatic N) is 2. The highest BCUT2D eigenvalue weighted by Crippen LogP contribution is 2.19. The zero-order valence-corrected chi connectivity index (χ0v) is 8.67. The van der Waals surface area contributed by atoms with Crippen LogP contribution in [0.25, 0.3) is 0 Å². The Kier molecular flexibility index (Phi) is 2.85. The maximum absolute atomic E-state index is 11.5. The molecule has 1 fully saturated rings. The van der Waals surface area contributed by atoms with E-state index in [2.05, 4.69) is 4.98 Å². The molecule has 0 radical (unpaired) electrons. The number of likely N-dealkylation sites (tertiary alicyclic amines) is 1. The number of carbonyl (C=O) groups is 2. The SMILES string of the molecule is O=C(O)[C@@H]1CC(=O)N(Cc2ccncc2)C1. The Morgan fingerprint density at radius 1 is 1.50 bits per heavy atom. The fraction of sp³-hybridized carbons (Fsp3) is 0.364. The largest absolute Gasteiger partial charge is 0.481 e. The molecule has 5 nitrogen and oxygen atoms in total. The summed E-state index contributed by atoms with van der Waals surface area (Å²) < 4.78 is 0. The molecular formula is C11H12N2O3. The van der Waals surface area contributed by atoms with Crippen LogP contribution < -0.4 is 0 Å². The van der Waals surface area contributed by atoms with Gasteiger partial charge in [-0.05, 0) is 17.7 Å². The Morgan fingerprint density at radius 2 is 2.19 bits per heavy atom. The van der Waals surface area contributed by atoms with Crippen molar-refractivity contribution in [1.29, 1.82) is 0 Å². The number of carboxylic acids is 1. The summed E-state index contributed by atoms with van der Waals surface area (Å²) in [6.45, 7) is 0.765.